The number of anilines is 1. The van der Waals surface area contributed by atoms with Crippen molar-refractivity contribution < 1.29 is 18.0 Å². The number of hydrogen-bond donors (Lipinski definition) is 1. The number of halogens is 1. The zero-order valence-corrected chi connectivity index (χ0v) is 25.1. The van der Waals surface area contributed by atoms with Gasteiger partial charge in [-0.15, -0.1) is 0 Å². The van der Waals surface area contributed by atoms with Crippen molar-refractivity contribution in [3.05, 3.63) is 95.0 Å². The maximum Gasteiger partial charge on any atom is 0.264 e. The highest BCUT2D eigenvalue weighted by Crippen LogP contribution is 2.28. The largest absolute Gasteiger partial charge is 0.352 e. The lowest BCUT2D eigenvalue weighted by atomic mass is 10.1. The Morgan fingerprint density at radius 2 is 1.50 bits per heavy atom. The molecular weight excluding hydrogens is 546 g/mol. The van der Waals surface area contributed by atoms with Gasteiger partial charge in [-0.05, 0) is 67.6 Å². The van der Waals surface area contributed by atoms with Crippen LogP contribution in [0.5, 0.6) is 0 Å². The average molecular weight is 584 g/mol. The maximum atomic E-state index is 14.1. The summed E-state index contributed by atoms with van der Waals surface area (Å²) in [6.07, 6.45) is 1.68. The molecule has 1 N–H and O–H groups in total. The number of sulfonamides is 1. The molecule has 0 bridgehead atoms. The topological polar surface area (TPSA) is 86.8 Å². The smallest absolute Gasteiger partial charge is 0.264 e. The van der Waals surface area contributed by atoms with Gasteiger partial charge >= 0.3 is 0 Å². The second-order valence-electron chi connectivity index (χ2n) is 9.70. The molecule has 3 rings (SSSR count). The number of carbonyl (C=O) groups excluding carboxylic acids is 2. The van der Waals surface area contributed by atoms with E-state index in [9.17, 15) is 18.0 Å². The molecular formula is C31H38ClN3O4S. The van der Waals surface area contributed by atoms with Crippen molar-refractivity contribution in [3.8, 4) is 0 Å². The number of hydrogen-bond acceptors (Lipinski definition) is 4. The number of aryl methyl sites for hydroxylation is 1. The van der Waals surface area contributed by atoms with E-state index in [0.717, 1.165) is 21.9 Å². The van der Waals surface area contributed by atoms with Gasteiger partial charge in [-0.1, -0.05) is 80.9 Å². The van der Waals surface area contributed by atoms with Gasteiger partial charge in [0.1, 0.15) is 12.6 Å². The molecule has 0 aromatic heterocycles. The van der Waals surface area contributed by atoms with Crippen molar-refractivity contribution >= 4 is 39.1 Å². The lowest BCUT2D eigenvalue weighted by molar-refractivity contribution is -0.140. The van der Waals surface area contributed by atoms with E-state index < -0.39 is 28.5 Å². The predicted octanol–water partition coefficient (Wildman–Crippen LogP) is 5.82. The van der Waals surface area contributed by atoms with Crippen LogP contribution in [-0.4, -0.2) is 43.8 Å². The summed E-state index contributed by atoms with van der Waals surface area (Å²) in [7, 11) is -4.10. The SMILES string of the molecule is CCc1ccccc1N(CC(=O)N(Cc1ccc(Cl)cc1)[C@H](CC)C(=O)N[C@@H](C)CC)S(=O)(=O)c1ccccc1. The molecule has 0 heterocycles. The molecule has 0 fully saturated rings. The van der Waals surface area contributed by atoms with Crippen LogP contribution >= 0.6 is 11.6 Å². The average Bonchev–Trinajstić information content (AvgIpc) is 2.96. The van der Waals surface area contributed by atoms with Crippen LogP contribution in [0.1, 0.15) is 51.7 Å². The summed E-state index contributed by atoms with van der Waals surface area (Å²) in [5.74, 6) is -0.753. The van der Waals surface area contributed by atoms with E-state index in [1.165, 1.54) is 17.0 Å². The van der Waals surface area contributed by atoms with E-state index in [0.29, 0.717) is 23.6 Å². The second kappa shape index (κ2) is 14.3. The van der Waals surface area contributed by atoms with Crippen molar-refractivity contribution in [1.29, 1.82) is 0 Å². The van der Waals surface area contributed by atoms with Gasteiger partial charge < -0.3 is 10.2 Å². The fourth-order valence-electron chi connectivity index (χ4n) is 4.43. The van der Waals surface area contributed by atoms with E-state index >= 15 is 0 Å². The van der Waals surface area contributed by atoms with Crippen LogP contribution in [0.25, 0.3) is 0 Å². The van der Waals surface area contributed by atoms with E-state index in [2.05, 4.69) is 5.32 Å². The van der Waals surface area contributed by atoms with Crippen LogP contribution in [-0.2, 0) is 32.6 Å². The molecule has 0 saturated carbocycles. The first-order valence-electron chi connectivity index (χ1n) is 13.6. The van der Waals surface area contributed by atoms with E-state index in [-0.39, 0.29) is 23.4 Å². The summed E-state index contributed by atoms with van der Waals surface area (Å²) in [6, 6.07) is 21.4. The Kier molecular flexibility index (Phi) is 11.2. The molecule has 214 valence electrons. The minimum atomic E-state index is -4.10. The van der Waals surface area contributed by atoms with Crippen LogP contribution < -0.4 is 9.62 Å². The fraction of sp³-hybridized carbons (Fsp3) is 0.355. The molecule has 0 spiro atoms. The minimum Gasteiger partial charge on any atom is -0.352 e. The van der Waals surface area contributed by atoms with Crippen LogP contribution in [0.4, 0.5) is 5.69 Å². The second-order valence-corrected chi connectivity index (χ2v) is 12.0. The molecule has 0 aliphatic carbocycles. The van der Waals surface area contributed by atoms with Crippen LogP contribution in [0, 0.1) is 0 Å². The lowest BCUT2D eigenvalue weighted by Crippen LogP contribution is -2.53. The Hall–Kier alpha value is -3.36. The quantitative estimate of drug-likeness (QED) is 0.275. The zero-order chi connectivity index (χ0) is 29.3. The van der Waals surface area contributed by atoms with Crippen molar-refractivity contribution in [2.24, 2.45) is 0 Å². The standard InChI is InChI=1S/C31H38ClN3O4S/c1-5-23(4)33-31(37)28(7-3)34(21-24-17-19-26(32)20-18-24)30(36)22-35(29-16-12-11-13-25(29)6-2)40(38,39)27-14-9-8-10-15-27/h8-20,23,28H,5-7,21-22H2,1-4H3,(H,33,37)/t23-,28+/m0/s1. The highest BCUT2D eigenvalue weighted by Gasteiger charge is 2.34. The van der Waals surface area contributed by atoms with Gasteiger partial charge in [-0.25, -0.2) is 8.42 Å². The fourth-order valence-corrected chi connectivity index (χ4v) is 6.03. The van der Waals surface area contributed by atoms with Crippen LogP contribution in [0.15, 0.2) is 83.8 Å². The first-order valence-corrected chi connectivity index (χ1v) is 15.4. The maximum absolute atomic E-state index is 14.1. The summed E-state index contributed by atoms with van der Waals surface area (Å²) in [6.45, 7) is 7.32. The summed E-state index contributed by atoms with van der Waals surface area (Å²) in [5, 5.41) is 3.54. The normalized spacial score (nSPS) is 12.8. The van der Waals surface area contributed by atoms with Gasteiger partial charge in [-0.2, -0.15) is 0 Å². The molecule has 3 aromatic carbocycles. The molecule has 0 aliphatic heterocycles. The number of nitrogens with one attached hydrogen (secondary N) is 1. The number of rotatable bonds is 13. The number of benzene rings is 3. The van der Waals surface area contributed by atoms with Crippen molar-refractivity contribution in [2.45, 2.75) is 70.5 Å². The lowest BCUT2D eigenvalue weighted by Gasteiger charge is -2.34. The number of para-hydroxylation sites is 1. The first kappa shape index (κ1) is 31.2. The Morgan fingerprint density at radius 3 is 2.10 bits per heavy atom. The number of amides is 2. The number of nitrogens with zero attached hydrogens (tertiary/aromatic N) is 2. The van der Waals surface area contributed by atoms with Crippen molar-refractivity contribution in [2.75, 3.05) is 10.8 Å². The third kappa shape index (κ3) is 7.64. The van der Waals surface area contributed by atoms with Gasteiger partial charge in [0.2, 0.25) is 11.8 Å². The molecule has 0 radical (unpaired) electrons. The van der Waals surface area contributed by atoms with Gasteiger partial charge in [0.05, 0.1) is 10.6 Å². The number of carbonyl (C=O) groups is 2. The highest BCUT2D eigenvalue weighted by atomic mass is 35.5. The zero-order valence-electron chi connectivity index (χ0n) is 23.5. The Bertz CT molecular complexity index is 1380. The molecule has 3 aromatic rings. The first-order chi connectivity index (χ1) is 19.1. The van der Waals surface area contributed by atoms with Crippen molar-refractivity contribution in [1.82, 2.24) is 10.2 Å². The third-order valence-electron chi connectivity index (χ3n) is 6.90. The van der Waals surface area contributed by atoms with Gasteiger partial charge in [0.25, 0.3) is 10.0 Å². The molecule has 9 heteroatoms. The van der Waals surface area contributed by atoms with Crippen LogP contribution in [0.3, 0.4) is 0 Å². The van der Waals surface area contributed by atoms with Gasteiger partial charge in [0, 0.05) is 17.6 Å². The summed E-state index contributed by atoms with van der Waals surface area (Å²) in [5.41, 5.74) is 2.00. The molecule has 7 nitrogen and oxygen atoms in total. The van der Waals surface area contributed by atoms with Crippen molar-refractivity contribution in [3.63, 3.8) is 0 Å². The van der Waals surface area contributed by atoms with E-state index in [1.54, 1.807) is 54.6 Å². The molecule has 2 atom stereocenters. The minimum absolute atomic E-state index is 0.0691. The summed E-state index contributed by atoms with van der Waals surface area (Å²) < 4.78 is 29.1. The summed E-state index contributed by atoms with van der Waals surface area (Å²) in [4.78, 5) is 29.1. The predicted molar refractivity (Wildman–Crippen MR) is 161 cm³/mol. The van der Waals surface area contributed by atoms with Gasteiger partial charge in [-0.3, -0.25) is 13.9 Å². The molecule has 0 aliphatic rings. The third-order valence-corrected chi connectivity index (χ3v) is 8.93. The molecule has 0 saturated heterocycles. The molecule has 2 amide bonds. The Labute approximate surface area is 243 Å². The van der Waals surface area contributed by atoms with E-state index in [1.807, 2.05) is 39.8 Å². The van der Waals surface area contributed by atoms with E-state index in [4.69, 9.17) is 11.6 Å². The molecule has 0 unspecified atom stereocenters. The monoisotopic (exact) mass is 583 g/mol. The summed E-state index contributed by atoms with van der Waals surface area (Å²) >= 11 is 6.08. The Balaban J connectivity index is 2.08. The van der Waals surface area contributed by atoms with Crippen LogP contribution in [0.2, 0.25) is 5.02 Å². The highest BCUT2D eigenvalue weighted by molar-refractivity contribution is 7.92. The van der Waals surface area contributed by atoms with Gasteiger partial charge in [0.15, 0.2) is 0 Å². The Morgan fingerprint density at radius 1 is 0.875 bits per heavy atom. The molecule has 40 heavy (non-hydrogen) atoms.